The molecule has 0 radical (unpaired) electrons. The Labute approximate surface area is 148 Å². The number of hydrogen-bond acceptors (Lipinski definition) is 3. The van der Waals surface area contributed by atoms with Crippen LogP contribution in [0.4, 0.5) is 0 Å². The van der Waals surface area contributed by atoms with E-state index in [1.54, 1.807) is 7.05 Å². The van der Waals surface area contributed by atoms with Gasteiger partial charge < -0.3 is 10.6 Å². The molecule has 0 spiro atoms. The van der Waals surface area contributed by atoms with Gasteiger partial charge in [-0.25, -0.2) is 8.42 Å². The quantitative estimate of drug-likeness (QED) is 0.429. The van der Waals surface area contributed by atoms with Gasteiger partial charge in [-0.2, -0.15) is 0 Å². The molecule has 3 rings (SSSR count). The third kappa shape index (κ3) is 4.34. The van der Waals surface area contributed by atoms with Gasteiger partial charge in [-0.1, -0.05) is 30.3 Å². The average molecular weight is 435 g/mol. The van der Waals surface area contributed by atoms with Gasteiger partial charge >= 0.3 is 0 Å². The molecule has 1 heterocycles. The Hall–Kier alpha value is -0.830. The Morgan fingerprint density at radius 2 is 1.95 bits per heavy atom. The van der Waals surface area contributed by atoms with E-state index in [1.807, 2.05) is 6.07 Å². The van der Waals surface area contributed by atoms with Crippen LogP contribution in [0.2, 0.25) is 0 Å². The SMILES string of the molecule is CN=C(NC1CCS(=O)(=O)C1)NC1CC1c1ccccc1.I. The molecule has 22 heavy (non-hydrogen) atoms. The first-order valence-corrected chi connectivity index (χ1v) is 9.15. The summed E-state index contributed by atoms with van der Waals surface area (Å²) in [6.07, 6.45) is 1.75. The van der Waals surface area contributed by atoms with Crippen LogP contribution >= 0.6 is 24.0 Å². The highest BCUT2D eigenvalue weighted by Crippen LogP contribution is 2.40. The van der Waals surface area contributed by atoms with Crippen molar-refractivity contribution in [3.8, 4) is 0 Å². The molecule has 1 aromatic carbocycles. The van der Waals surface area contributed by atoms with Crippen LogP contribution in [0.3, 0.4) is 0 Å². The Morgan fingerprint density at radius 1 is 1.23 bits per heavy atom. The van der Waals surface area contributed by atoms with Gasteiger partial charge in [-0.05, 0) is 18.4 Å². The van der Waals surface area contributed by atoms with Crippen LogP contribution in [-0.2, 0) is 9.84 Å². The Bertz CT molecular complexity index is 633. The molecule has 7 heteroatoms. The van der Waals surface area contributed by atoms with E-state index < -0.39 is 9.84 Å². The highest BCUT2D eigenvalue weighted by molar-refractivity contribution is 14.0. The molecule has 5 nitrogen and oxygen atoms in total. The largest absolute Gasteiger partial charge is 0.353 e. The van der Waals surface area contributed by atoms with Crippen molar-refractivity contribution >= 4 is 39.8 Å². The van der Waals surface area contributed by atoms with Gasteiger partial charge in [-0.3, -0.25) is 4.99 Å². The maximum atomic E-state index is 11.5. The summed E-state index contributed by atoms with van der Waals surface area (Å²) in [5, 5.41) is 6.61. The number of halogens is 1. The zero-order valence-electron chi connectivity index (χ0n) is 12.5. The van der Waals surface area contributed by atoms with E-state index in [2.05, 4.69) is 39.9 Å². The number of rotatable bonds is 3. The van der Waals surface area contributed by atoms with E-state index in [1.165, 1.54) is 5.56 Å². The number of guanidine groups is 1. The van der Waals surface area contributed by atoms with Crippen LogP contribution in [0, 0.1) is 0 Å². The fourth-order valence-corrected chi connectivity index (χ4v) is 4.55. The standard InChI is InChI=1S/C15H21N3O2S.HI/c1-16-15(17-12-7-8-21(19,20)10-12)18-14-9-13(14)11-5-3-2-4-6-11;/h2-6,12-14H,7-10H2,1H3,(H2,16,17,18);1H. The fraction of sp³-hybridized carbons (Fsp3) is 0.533. The summed E-state index contributed by atoms with van der Waals surface area (Å²) in [6.45, 7) is 0. The summed E-state index contributed by atoms with van der Waals surface area (Å²) in [4.78, 5) is 4.21. The maximum Gasteiger partial charge on any atom is 0.191 e. The molecule has 0 aromatic heterocycles. The first kappa shape index (κ1) is 17.5. The molecular weight excluding hydrogens is 413 g/mol. The number of hydrogen-bond donors (Lipinski definition) is 2. The van der Waals surface area contributed by atoms with Crippen molar-refractivity contribution in [1.29, 1.82) is 0 Å². The zero-order chi connectivity index (χ0) is 14.9. The predicted molar refractivity (Wildman–Crippen MR) is 99.7 cm³/mol. The van der Waals surface area contributed by atoms with Crippen LogP contribution in [0.15, 0.2) is 35.3 Å². The highest BCUT2D eigenvalue weighted by Gasteiger charge is 2.39. The van der Waals surface area contributed by atoms with Gasteiger partial charge in [0.1, 0.15) is 0 Å². The molecule has 3 unspecified atom stereocenters. The molecule has 3 atom stereocenters. The number of nitrogens with zero attached hydrogens (tertiary/aromatic N) is 1. The van der Waals surface area contributed by atoms with Crippen molar-refractivity contribution < 1.29 is 8.42 Å². The lowest BCUT2D eigenvalue weighted by atomic mass is 10.1. The van der Waals surface area contributed by atoms with E-state index in [0.29, 0.717) is 24.3 Å². The molecule has 2 aliphatic rings. The lowest BCUT2D eigenvalue weighted by molar-refractivity contribution is 0.599. The topological polar surface area (TPSA) is 70.6 Å². The van der Waals surface area contributed by atoms with E-state index in [0.717, 1.165) is 6.42 Å². The Morgan fingerprint density at radius 3 is 2.55 bits per heavy atom. The van der Waals surface area contributed by atoms with E-state index >= 15 is 0 Å². The smallest absolute Gasteiger partial charge is 0.191 e. The summed E-state index contributed by atoms with van der Waals surface area (Å²) in [7, 11) is -1.14. The van der Waals surface area contributed by atoms with Gasteiger partial charge in [0, 0.05) is 25.0 Å². The number of nitrogens with one attached hydrogen (secondary N) is 2. The van der Waals surface area contributed by atoms with Crippen molar-refractivity contribution in [3.63, 3.8) is 0 Å². The molecule has 2 fully saturated rings. The van der Waals surface area contributed by atoms with Crippen LogP contribution in [0.5, 0.6) is 0 Å². The van der Waals surface area contributed by atoms with Crippen LogP contribution in [0.1, 0.15) is 24.3 Å². The van der Waals surface area contributed by atoms with E-state index in [9.17, 15) is 8.42 Å². The van der Waals surface area contributed by atoms with Crippen molar-refractivity contribution in [2.45, 2.75) is 30.8 Å². The Balaban J connectivity index is 0.00000176. The van der Waals surface area contributed by atoms with Crippen molar-refractivity contribution in [3.05, 3.63) is 35.9 Å². The first-order chi connectivity index (χ1) is 10.1. The highest BCUT2D eigenvalue weighted by atomic mass is 127. The predicted octanol–water partition coefficient (Wildman–Crippen LogP) is 1.51. The van der Waals surface area contributed by atoms with Gasteiger partial charge in [0.2, 0.25) is 0 Å². The first-order valence-electron chi connectivity index (χ1n) is 7.32. The van der Waals surface area contributed by atoms with Crippen molar-refractivity contribution in [2.75, 3.05) is 18.6 Å². The molecule has 0 amide bonds. The van der Waals surface area contributed by atoms with Crippen molar-refractivity contribution in [1.82, 2.24) is 10.6 Å². The summed E-state index contributed by atoms with van der Waals surface area (Å²) in [5.41, 5.74) is 1.34. The van der Waals surface area contributed by atoms with Gasteiger partial charge in [0.15, 0.2) is 15.8 Å². The summed E-state index contributed by atoms with van der Waals surface area (Å²) >= 11 is 0. The number of sulfone groups is 1. The van der Waals surface area contributed by atoms with E-state index in [4.69, 9.17) is 0 Å². The summed E-state index contributed by atoms with van der Waals surface area (Å²) < 4.78 is 23.0. The van der Waals surface area contributed by atoms with Gasteiger partial charge in [-0.15, -0.1) is 24.0 Å². The van der Waals surface area contributed by atoms with E-state index in [-0.39, 0.29) is 41.5 Å². The molecule has 1 saturated heterocycles. The monoisotopic (exact) mass is 435 g/mol. The molecule has 1 aliphatic heterocycles. The second-order valence-electron chi connectivity index (χ2n) is 5.82. The minimum absolute atomic E-state index is 0. The molecule has 122 valence electrons. The lowest BCUT2D eigenvalue weighted by Crippen LogP contribution is -2.45. The number of aliphatic imine (C=N–C) groups is 1. The second kappa shape index (κ2) is 7.16. The average Bonchev–Trinajstić information content (AvgIpc) is 3.15. The lowest BCUT2D eigenvalue weighted by Gasteiger charge is -2.16. The van der Waals surface area contributed by atoms with Crippen LogP contribution < -0.4 is 10.6 Å². The number of benzene rings is 1. The molecule has 0 bridgehead atoms. The van der Waals surface area contributed by atoms with Crippen LogP contribution in [-0.4, -0.2) is 45.0 Å². The molecule has 1 saturated carbocycles. The summed E-state index contributed by atoms with van der Waals surface area (Å²) in [6, 6.07) is 10.8. The third-order valence-corrected chi connectivity index (χ3v) is 5.91. The second-order valence-corrected chi connectivity index (χ2v) is 8.05. The molecule has 1 aliphatic carbocycles. The van der Waals surface area contributed by atoms with Crippen molar-refractivity contribution in [2.24, 2.45) is 4.99 Å². The maximum absolute atomic E-state index is 11.5. The normalized spacial score (nSPS) is 29.5. The summed E-state index contributed by atoms with van der Waals surface area (Å²) in [5.74, 6) is 1.72. The minimum atomic E-state index is -2.86. The molecular formula is C15H22IN3O2S. The third-order valence-electron chi connectivity index (χ3n) is 4.14. The minimum Gasteiger partial charge on any atom is -0.353 e. The van der Waals surface area contributed by atoms with Crippen LogP contribution in [0.25, 0.3) is 0 Å². The zero-order valence-corrected chi connectivity index (χ0v) is 15.7. The Kier molecular flexibility index (Phi) is 5.70. The van der Waals surface area contributed by atoms with Gasteiger partial charge in [0.25, 0.3) is 0 Å². The van der Waals surface area contributed by atoms with Gasteiger partial charge in [0.05, 0.1) is 11.5 Å². The fourth-order valence-electron chi connectivity index (χ4n) is 2.87. The molecule has 2 N–H and O–H groups in total. The molecule has 1 aromatic rings.